The number of hydrogen-bond acceptors (Lipinski definition) is 10. The quantitative estimate of drug-likeness (QED) is 0.0197. The van der Waals surface area contributed by atoms with Gasteiger partial charge in [0.1, 0.15) is 12.7 Å². The monoisotopic (exact) mass is 1120 g/mol. The number of hydrogen-bond donors (Lipinski definition) is 2. The Bertz CT molecular complexity index is 1590. The maximum Gasteiger partial charge on any atom is 0.472 e. The highest BCUT2D eigenvalue weighted by molar-refractivity contribution is 7.47. The maximum absolute atomic E-state index is 13.0. The molecule has 0 aromatic rings. The van der Waals surface area contributed by atoms with Crippen molar-refractivity contribution in [1.29, 1.82) is 0 Å². The lowest BCUT2D eigenvalue weighted by molar-refractivity contribution is -0.161. The number of esters is 3. The first-order valence-corrected chi connectivity index (χ1v) is 33.3. The van der Waals surface area contributed by atoms with Gasteiger partial charge in [0.2, 0.25) is 0 Å². The molecule has 11 nitrogen and oxygen atoms in total. The molecule has 0 aliphatic heterocycles. The fraction of sp³-hybridized carbons (Fsp3) is 0.773. The maximum atomic E-state index is 13.0. The molecular formula is C66H117O11P. The van der Waals surface area contributed by atoms with E-state index in [1.54, 1.807) is 0 Å². The smallest absolute Gasteiger partial charge is 0.462 e. The average molecular weight is 1120 g/mol. The van der Waals surface area contributed by atoms with Gasteiger partial charge in [0.05, 0.1) is 19.8 Å². The molecule has 0 radical (unpaired) electrons. The predicted octanol–water partition coefficient (Wildman–Crippen LogP) is 19.3. The van der Waals surface area contributed by atoms with Crippen LogP contribution < -0.4 is 0 Å². The van der Waals surface area contributed by atoms with Gasteiger partial charge in [-0.15, -0.1) is 0 Å². The second-order valence-corrected chi connectivity index (χ2v) is 22.6. The van der Waals surface area contributed by atoms with Crippen LogP contribution in [0.2, 0.25) is 0 Å². The van der Waals surface area contributed by atoms with Gasteiger partial charge >= 0.3 is 25.7 Å². The van der Waals surface area contributed by atoms with Crippen LogP contribution in [0.4, 0.5) is 0 Å². The first kappa shape index (κ1) is 74.9. The summed E-state index contributed by atoms with van der Waals surface area (Å²) in [6.45, 7) is 4.50. The second-order valence-electron chi connectivity index (χ2n) is 21.2. The van der Waals surface area contributed by atoms with Gasteiger partial charge in [-0.05, 0) is 109 Å². The van der Waals surface area contributed by atoms with E-state index < -0.39 is 57.8 Å². The first-order valence-electron chi connectivity index (χ1n) is 31.8. The van der Waals surface area contributed by atoms with Gasteiger partial charge in [-0.2, -0.15) is 0 Å². The molecule has 78 heavy (non-hydrogen) atoms. The van der Waals surface area contributed by atoms with Crippen LogP contribution in [-0.4, -0.2) is 66.5 Å². The summed E-state index contributed by atoms with van der Waals surface area (Å²) in [5, 5.41) is 9.82. The van der Waals surface area contributed by atoms with E-state index >= 15 is 0 Å². The summed E-state index contributed by atoms with van der Waals surface area (Å²) in [7, 11) is -4.76. The lowest BCUT2D eigenvalue weighted by Crippen LogP contribution is -2.30. The van der Waals surface area contributed by atoms with Gasteiger partial charge in [0, 0.05) is 19.3 Å². The number of allylic oxidation sites excluding steroid dienone is 12. The van der Waals surface area contributed by atoms with Crippen molar-refractivity contribution in [3.05, 3.63) is 72.9 Å². The molecule has 3 atom stereocenters. The Hall–Kier alpha value is -3.08. The summed E-state index contributed by atoms with van der Waals surface area (Å²) < 4.78 is 39.6. The van der Waals surface area contributed by atoms with Crippen molar-refractivity contribution in [2.75, 3.05) is 26.4 Å². The standard InChI is InChI=1S/C66H117O11P/c1-4-7-10-13-16-19-22-25-27-29-31-33-35-38-40-43-46-49-52-55-64(68)73-59-63(77-66(70)57-54-51-48-45-42-39-36-34-32-30-28-26-23-20-17-14-11-8-5-2)61-75-78(71,72)74-60-62(58-67)76-65(69)56-53-50-47-44-41-37-24-21-18-15-12-9-6-3/h9,12,17-18,20-21,25-28,37,41,62-63,67H,4-8,10-11,13-16,19,22-24,29-36,38-40,42-61H2,1-3H3,(H,71,72)/b12-9-,20-17-,21-18-,27-25-,28-26-,41-37-. The molecule has 0 amide bonds. The average Bonchev–Trinajstić information content (AvgIpc) is 3.43. The molecule has 0 fully saturated rings. The summed E-state index contributed by atoms with van der Waals surface area (Å²) in [4.78, 5) is 48.7. The van der Waals surface area contributed by atoms with Crippen molar-refractivity contribution in [1.82, 2.24) is 0 Å². The van der Waals surface area contributed by atoms with Crippen LogP contribution in [0.25, 0.3) is 0 Å². The minimum atomic E-state index is -4.76. The molecule has 0 rings (SSSR count). The van der Waals surface area contributed by atoms with Gasteiger partial charge in [-0.3, -0.25) is 23.4 Å². The Balaban J connectivity index is 4.72. The second kappa shape index (κ2) is 60.0. The van der Waals surface area contributed by atoms with E-state index in [1.807, 2.05) is 0 Å². The van der Waals surface area contributed by atoms with Crippen LogP contribution in [-0.2, 0) is 42.2 Å². The molecule has 0 saturated carbocycles. The normalized spacial score (nSPS) is 13.8. The van der Waals surface area contributed by atoms with Crippen LogP contribution in [0.5, 0.6) is 0 Å². The van der Waals surface area contributed by atoms with E-state index in [1.165, 1.54) is 141 Å². The Morgan fingerprint density at radius 2 is 0.667 bits per heavy atom. The third-order valence-corrected chi connectivity index (χ3v) is 14.5. The highest BCUT2D eigenvalue weighted by Crippen LogP contribution is 2.43. The van der Waals surface area contributed by atoms with Crippen molar-refractivity contribution in [2.24, 2.45) is 0 Å². The zero-order valence-electron chi connectivity index (χ0n) is 50.1. The van der Waals surface area contributed by atoms with E-state index in [-0.39, 0.29) is 25.9 Å². The number of ether oxygens (including phenoxy) is 3. The van der Waals surface area contributed by atoms with Gasteiger partial charge in [0.25, 0.3) is 0 Å². The minimum Gasteiger partial charge on any atom is -0.462 e. The predicted molar refractivity (Wildman–Crippen MR) is 325 cm³/mol. The number of phosphoric acid groups is 1. The number of rotatable bonds is 59. The van der Waals surface area contributed by atoms with Crippen LogP contribution in [0, 0.1) is 0 Å². The fourth-order valence-corrected chi connectivity index (χ4v) is 9.53. The van der Waals surface area contributed by atoms with Gasteiger partial charge in [-0.1, -0.05) is 235 Å². The molecule has 0 bridgehead atoms. The number of aliphatic hydroxyl groups excluding tert-OH is 1. The molecule has 0 heterocycles. The molecule has 3 unspecified atom stereocenters. The molecule has 0 saturated heterocycles. The summed E-state index contributed by atoms with van der Waals surface area (Å²) in [6, 6.07) is 0. The molecule has 0 aliphatic rings. The van der Waals surface area contributed by atoms with Gasteiger partial charge in [-0.25, -0.2) is 4.57 Å². The molecule has 2 N–H and O–H groups in total. The van der Waals surface area contributed by atoms with Crippen LogP contribution >= 0.6 is 7.82 Å². The fourth-order valence-electron chi connectivity index (χ4n) is 8.75. The highest BCUT2D eigenvalue weighted by atomic mass is 31.2. The van der Waals surface area contributed by atoms with Crippen molar-refractivity contribution >= 4 is 25.7 Å². The summed E-state index contributed by atoms with van der Waals surface area (Å²) in [6.07, 6.45) is 68.6. The van der Waals surface area contributed by atoms with Crippen molar-refractivity contribution in [3.8, 4) is 0 Å². The SMILES string of the molecule is CC/C=C\C/C=C\C/C=C\CCCCCC(=O)OC(CO)COP(=O)(O)OCC(COC(=O)CCCCCCCCCCC/C=C\CCCCCCCC)OC(=O)CCCCCCCCCCC/C=C\C/C=C\CCCCC. The van der Waals surface area contributed by atoms with Crippen LogP contribution in [0.3, 0.4) is 0 Å². The molecule has 0 aromatic heterocycles. The van der Waals surface area contributed by atoms with Crippen molar-refractivity contribution < 1.29 is 52.2 Å². The minimum absolute atomic E-state index is 0.141. The summed E-state index contributed by atoms with van der Waals surface area (Å²) >= 11 is 0. The van der Waals surface area contributed by atoms with Crippen LogP contribution in [0.1, 0.15) is 290 Å². The molecule has 0 aromatic carbocycles. The summed E-state index contributed by atoms with van der Waals surface area (Å²) in [5.74, 6) is -1.49. The third kappa shape index (κ3) is 57.6. The van der Waals surface area contributed by atoms with E-state index in [4.69, 9.17) is 23.3 Å². The Kier molecular flexibility index (Phi) is 57.7. The topological polar surface area (TPSA) is 155 Å². The number of unbranched alkanes of at least 4 members (excludes halogenated alkanes) is 30. The molecule has 0 spiro atoms. The highest BCUT2D eigenvalue weighted by Gasteiger charge is 2.28. The number of aliphatic hydroxyl groups is 1. The third-order valence-electron chi connectivity index (χ3n) is 13.6. The lowest BCUT2D eigenvalue weighted by atomic mass is 10.1. The molecular weight excluding hydrogens is 1000 g/mol. The zero-order valence-corrected chi connectivity index (χ0v) is 51.0. The van der Waals surface area contributed by atoms with Gasteiger partial charge < -0.3 is 24.2 Å². The van der Waals surface area contributed by atoms with E-state index in [9.17, 15) is 28.9 Å². The van der Waals surface area contributed by atoms with E-state index in [0.29, 0.717) is 19.3 Å². The Morgan fingerprint density at radius 1 is 0.372 bits per heavy atom. The number of carbonyl (C=O) groups is 3. The van der Waals surface area contributed by atoms with Crippen LogP contribution in [0.15, 0.2) is 72.9 Å². The number of phosphoric ester groups is 1. The summed E-state index contributed by atoms with van der Waals surface area (Å²) in [5.41, 5.74) is 0. The Morgan fingerprint density at radius 3 is 1.08 bits per heavy atom. The van der Waals surface area contributed by atoms with Crippen molar-refractivity contribution in [2.45, 2.75) is 303 Å². The molecule has 452 valence electrons. The zero-order chi connectivity index (χ0) is 56.9. The molecule has 12 heteroatoms. The van der Waals surface area contributed by atoms with E-state index in [2.05, 4.69) is 93.7 Å². The van der Waals surface area contributed by atoms with Crippen molar-refractivity contribution in [3.63, 3.8) is 0 Å². The Labute approximate surface area is 478 Å². The lowest BCUT2D eigenvalue weighted by Gasteiger charge is -2.21. The number of carbonyl (C=O) groups excluding carboxylic acids is 3. The largest absolute Gasteiger partial charge is 0.472 e. The van der Waals surface area contributed by atoms with Gasteiger partial charge in [0.15, 0.2) is 6.10 Å². The molecule has 0 aliphatic carbocycles. The first-order chi connectivity index (χ1) is 38.2. The van der Waals surface area contributed by atoms with E-state index in [0.717, 1.165) is 89.9 Å².